The zero-order valence-electron chi connectivity index (χ0n) is 9.66. The van der Waals surface area contributed by atoms with Crippen molar-refractivity contribution in [2.45, 2.75) is 6.42 Å². The highest BCUT2D eigenvalue weighted by Crippen LogP contribution is 2.29. The Bertz CT molecular complexity index is 621. The Morgan fingerprint density at radius 1 is 1.11 bits per heavy atom. The van der Waals surface area contributed by atoms with Gasteiger partial charge in [0.1, 0.15) is 5.82 Å². The van der Waals surface area contributed by atoms with Crippen LogP contribution < -0.4 is 0 Å². The van der Waals surface area contributed by atoms with Crippen LogP contribution in [0.1, 0.15) is 5.56 Å². The minimum absolute atomic E-state index is 0.215. The Morgan fingerprint density at radius 2 is 1.74 bits per heavy atom. The molecule has 1 N–H and O–H groups in total. The number of rotatable bonds is 3. The van der Waals surface area contributed by atoms with E-state index in [0.29, 0.717) is 26.7 Å². The van der Waals surface area contributed by atoms with Crippen LogP contribution in [-0.4, -0.2) is 11.1 Å². The number of carboxylic acid groups (broad SMARTS) is 1. The lowest BCUT2D eigenvalue weighted by Crippen LogP contribution is -2.00. The lowest BCUT2D eigenvalue weighted by molar-refractivity contribution is -0.136. The second kappa shape index (κ2) is 5.59. The maximum atomic E-state index is 14.0. The Morgan fingerprint density at radius 3 is 2.26 bits per heavy atom. The standard InChI is InChI=1S/C14H9Cl2FO2/c15-10-5-9(6-11(16)7-10)12-2-1-8(3-13(12)17)4-14(18)19/h1-3,5-7H,4H2,(H,18,19). The van der Waals surface area contributed by atoms with E-state index < -0.39 is 11.8 Å². The number of hydrogen-bond acceptors (Lipinski definition) is 1. The van der Waals surface area contributed by atoms with Crippen LogP contribution in [0, 0.1) is 5.82 Å². The summed E-state index contributed by atoms with van der Waals surface area (Å²) in [5, 5.41) is 9.49. The van der Waals surface area contributed by atoms with Gasteiger partial charge in [0.2, 0.25) is 0 Å². The third kappa shape index (κ3) is 3.46. The predicted molar refractivity (Wildman–Crippen MR) is 73.2 cm³/mol. The summed E-state index contributed by atoms with van der Waals surface area (Å²) in [6.45, 7) is 0. The number of benzene rings is 2. The first-order chi connectivity index (χ1) is 8.95. The van der Waals surface area contributed by atoms with E-state index in [1.807, 2.05) is 0 Å². The van der Waals surface area contributed by atoms with E-state index in [9.17, 15) is 9.18 Å². The molecule has 0 aliphatic carbocycles. The normalized spacial score (nSPS) is 10.5. The van der Waals surface area contributed by atoms with Crippen molar-refractivity contribution in [1.29, 1.82) is 0 Å². The Kier molecular flexibility index (Phi) is 4.08. The van der Waals surface area contributed by atoms with Crippen LogP contribution in [0.3, 0.4) is 0 Å². The summed E-state index contributed by atoms with van der Waals surface area (Å²) >= 11 is 11.7. The molecule has 0 aliphatic rings. The minimum Gasteiger partial charge on any atom is -0.481 e. The zero-order valence-corrected chi connectivity index (χ0v) is 11.2. The highest BCUT2D eigenvalue weighted by atomic mass is 35.5. The van der Waals surface area contributed by atoms with Crippen molar-refractivity contribution >= 4 is 29.2 Å². The number of aliphatic carboxylic acids is 1. The summed E-state index contributed by atoms with van der Waals surface area (Å²) in [6, 6.07) is 9.06. The van der Waals surface area contributed by atoms with Crippen molar-refractivity contribution in [2.24, 2.45) is 0 Å². The number of hydrogen-bond donors (Lipinski definition) is 1. The summed E-state index contributed by atoms with van der Waals surface area (Å²) < 4.78 is 14.0. The van der Waals surface area contributed by atoms with E-state index >= 15 is 0 Å². The number of carboxylic acids is 1. The molecular weight excluding hydrogens is 290 g/mol. The first-order valence-electron chi connectivity index (χ1n) is 5.42. The molecule has 19 heavy (non-hydrogen) atoms. The molecule has 0 bridgehead atoms. The zero-order chi connectivity index (χ0) is 14.0. The van der Waals surface area contributed by atoms with Crippen molar-refractivity contribution < 1.29 is 14.3 Å². The lowest BCUT2D eigenvalue weighted by atomic mass is 10.0. The van der Waals surface area contributed by atoms with Gasteiger partial charge in [-0.15, -0.1) is 0 Å². The van der Waals surface area contributed by atoms with Crippen molar-refractivity contribution in [2.75, 3.05) is 0 Å². The molecule has 0 aliphatic heterocycles. The molecule has 2 rings (SSSR count). The number of carbonyl (C=O) groups is 1. The molecule has 0 aromatic heterocycles. The molecule has 0 amide bonds. The Hall–Kier alpha value is -1.58. The molecular formula is C14H9Cl2FO2. The topological polar surface area (TPSA) is 37.3 Å². The molecule has 0 unspecified atom stereocenters. The Balaban J connectivity index is 2.42. The van der Waals surface area contributed by atoms with Gasteiger partial charge in [0, 0.05) is 15.6 Å². The summed E-state index contributed by atoms with van der Waals surface area (Å²) in [6.07, 6.45) is -0.215. The van der Waals surface area contributed by atoms with Gasteiger partial charge in [-0.25, -0.2) is 4.39 Å². The van der Waals surface area contributed by atoms with Gasteiger partial charge in [0.05, 0.1) is 6.42 Å². The van der Waals surface area contributed by atoms with E-state index in [1.165, 1.54) is 12.1 Å². The van der Waals surface area contributed by atoms with Crippen LogP contribution in [-0.2, 0) is 11.2 Å². The maximum absolute atomic E-state index is 14.0. The van der Waals surface area contributed by atoms with Crippen LogP contribution in [0.5, 0.6) is 0 Å². The largest absolute Gasteiger partial charge is 0.481 e. The first kappa shape index (κ1) is 13.8. The molecule has 0 saturated heterocycles. The molecule has 5 heteroatoms. The van der Waals surface area contributed by atoms with Gasteiger partial charge < -0.3 is 5.11 Å². The van der Waals surface area contributed by atoms with Crippen molar-refractivity contribution in [3.05, 3.63) is 57.8 Å². The molecule has 98 valence electrons. The van der Waals surface area contributed by atoms with Gasteiger partial charge in [0.25, 0.3) is 0 Å². The molecule has 0 saturated carbocycles. The fraction of sp³-hybridized carbons (Fsp3) is 0.0714. The van der Waals surface area contributed by atoms with E-state index in [0.717, 1.165) is 0 Å². The third-order valence-corrected chi connectivity index (χ3v) is 3.00. The highest BCUT2D eigenvalue weighted by Gasteiger charge is 2.09. The van der Waals surface area contributed by atoms with Gasteiger partial charge in [-0.2, -0.15) is 0 Å². The summed E-state index contributed by atoms with van der Waals surface area (Å²) in [5.74, 6) is -1.50. The third-order valence-electron chi connectivity index (χ3n) is 2.56. The molecule has 2 aromatic rings. The van der Waals surface area contributed by atoms with Crippen LogP contribution in [0.4, 0.5) is 4.39 Å². The Labute approximate surface area is 119 Å². The molecule has 2 nitrogen and oxygen atoms in total. The molecule has 0 heterocycles. The van der Waals surface area contributed by atoms with Crippen molar-refractivity contribution in [3.8, 4) is 11.1 Å². The summed E-state index contributed by atoms with van der Waals surface area (Å²) in [5.41, 5.74) is 1.29. The SMILES string of the molecule is O=C(O)Cc1ccc(-c2cc(Cl)cc(Cl)c2)c(F)c1. The smallest absolute Gasteiger partial charge is 0.307 e. The van der Waals surface area contributed by atoms with Crippen LogP contribution in [0.25, 0.3) is 11.1 Å². The fourth-order valence-corrected chi connectivity index (χ4v) is 2.31. The molecule has 0 fully saturated rings. The average Bonchev–Trinajstić information content (AvgIpc) is 2.26. The van der Waals surface area contributed by atoms with Crippen LogP contribution >= 0.6 is 23.2 Å². The van der Waals surface area contributed by atoms with E-state index in [-0.39, 0.29) is 6.42 Å². The molecule has 0 radical (unpaired) electrons. The maximum Gasteiger partial charge on any atom is 0.307 e. The molecule has 0 spiro atoms. The van der Waals surface area contributed by atoms with Gasteiger partial charge in [-0.1, -0.05) is 35.3 Å². The summed E-state index contributed by atoms with van der Waals surface area (Å²) in [7, 11) is 0. The monoisotopic (exact) mass is 298 g/mol. The van der Waals surface area contributed by atoms with Crippen molar-refractivity contribution in [3.63, 3.8) is 0 Å². The molecule has 0 atom stereocenters. The first-order valence-corrected chi connectivity index (χ1v) is 6.18. The lowest BCUT2D eigenvalue weighted by Gasteiger charge is -2.07. The highest BCUT2D eigenvalue weighted by molar-refractivity contribution is 6.35. The van der Waals surface area contributed by atoms with Crippen molar-refractivity contribution in [1.82, 2.24) is 0 Å². The van der Waals surface area contributed by atoms with E-state index in [1.54, 1.807) is 24.3 Å². The minimum atomic E-state index is -1.00. The van der Waals surface area contributed by atoms with Gasteiger partial charge in [-0.05, 0) is 35.4 Å². The van der Waals surface area contributed by atoms with E-state index in [2.05, 4.69) is 0 Å². The van der Waals surface area contributed by atoms with E-state index in [4.69, 9.17) is 28.3 Å². The average molecular weight is 299 g/mol. The van der Waals surface area contributed by atoms with Gasteiger partial charge in [0.15, 0.2) is 0 Å². The van der Waals surface area contributed by atoms with Gasteiger partial charge >= 0.3 is 5.97 Å². The summed E-state index contributed by atoms with van der Waals surface area (Å²) in [4.78, 5) is 10.6. The second-order valence-corrected chi connectivity index (χ2v) is 4.92. The quantitative estimate of drug-likeness (QED) is 0.910. The van der Waals surface area contributed by atoms with Crippen LogP contribution in [0.2, 0.25) is 10.0 Å². The predicted octanol–water partition coefficient (Wildman–Crippen LogP) is 4.43. The van der Waals surface area contributed by atoms with Gasteiger partial charge in [-0.3, -0.25) is 4.79 Å². The second-order valence-electron chi connectivity index (χ2n) is 4.04. The number of halogens is 3. The van der Waals surface area contributed by atoms with Crippen LogP contribution in [0.15, 0.2) is 36.4 Å². The molecule has 2 aromatic carbocycles. The fourth-order valence-electron chi connectivity index (χ4n) is 1.79.